The van der Waals surface area contributed by atoms with E-state index in [-0.39, 0.29) is 34.9 Å². The molecule has 3 aromatic rings. The van der Waals surface area contributed by atoms with E-state index < -0.39 is 18.6 Å². The molecular weight excluding hydrogens is 573 g/mol. The van der Waals surface area contributed by atoms with Crippen molar-refractivity contribution in [3.63, 3.8) is 0 Å². The van der Waals surface area contributed by atoms with Crippen LogP contribution in [0.5, 0.6) is 0 Å². The van der Waals surface area contributed by atoms with Crippen molar-refractivity contribution in [2.75, 3.05) is 58.4 Å². The predicted molar refractivity (Wildman–Crippen MR) is 154 cm³/mol. The molecule has 0 radical (unpaired) electrons. The van der Waals surface area contributed by atoms with Gasteiger partial charge in [-0.3, -0.25) is 9.48 Å². The van der Waals surface area contributed by atoms with Crippen LogP contribution in [0.25, 0.3) is 10.9 Å². The largest absolute Gasteiger partial charge is 0.406 e. The lowest BCUT2D eigenvalue weighted by Gasteiger charge is -2.38. The van der Waals surface area contributed by atoms with Crippen molar-refractivity contribution < 1.29 is 27.4 Å². The van der Waals surface area contributed by atoms with Crippen molar-refractivity contribution in [3.05, 3.63) is 46.9 Å². The van der Waals surface area contributed by atoms with E-state index in [2.05, 4.69) is 39.5 Å². The second-order valence-electron chi connectivity index (χ2n) is 10.6. The highest BCUT2D eigenvalue weighted by molar-refractivity contribution is 6.32. The molecule has 42 heavy (non-hydrogen) atoms. The van der Waals surface area contributed by atoms with Crippen LogP contribution in [-0.2, 0) is 22.6 Å². The number of benzene rings is 1. The highest BCUT2D eigenvalue weighted by Crippen LogP contribution is 2.32. The number of ether oxygens (including phenoxy) is 2. The number of piperidine rings is 1. The number of hydrogen-bond donors (Lipinski definition) is 2. The Balaban J connectivity index is 1.46. The first-order chi connectivity index (χ1) is 20.2. The van der Waals surface area contributed by atoms with E-state index >= 15 is 0 Å². The third-order valence-electron chi connectivity index (χ3n) is 7.59. The lowest BCUT2D eigenvalue weighted by atomic mass is 9.89. The lowest BCUT2D eigenvalue weighted by Crippen LogP contribution is -2.45. The summed E-state index contributed by atoms with van der Waals surface area (Å²) in [6.45, 7) is 2.67. The fourth-order valence-electron chi connectivity index (χ4n) is 5.50. The van der Waals surface area contributed by atoms with Gasteiger partial charge in [-0.1, -0.05) is 23.6 Å². The molecule has 2 atom stereocenters. The summed E-state index contributed by atoms with van der Waals surface area (Å²) in [5.41, 5.74) is 1.59. The molecule has 0 aliphatic carbocycles. The van der Waals surface area contributed by atoms with E-state index in [1.54, 1.807) is 18.2 Å². The fourth-order valence-corrected chi connectivity index (χ4v) is 5.76. The average molecular weight is 607 g/mol. The summed E-state index contributed by atoms with van der Waals surface area (Å²) < 4.78 is 55.1. The third kappa shape index (κ3) is 7.39. The van der Waals surface area contributed by atoms with Crippen molar-refractivity contribution in [1.82, 2.24) is 24.6 Å². The zero-order valence-electron chi connectivity index (χ0n) is 23.3. The SMILES string of the molecule is CN1CCC2Nc3cccc4c3cc(n4CC(F)(F)F)C#CCNC(=O)c3cnn(c3Cl)CCOCCOCCC2C1. The monoisotopic (exact) mass is 606 g/mol. The number of alkyl halides is 3. The van der Waals surface area contributed by atoms with Gasteiger partial charge in [0.25, 0.3) is 5.91 Å². The number of carbonyl (C=O) groups excluding carboxylic acids is 1. The molecule has 1 saturated heterocycles. The summed E-state index contributed by atoms with van der Waals surface area (Å²) in [7, 11) is 2.09. The van der Waals surface area contributed by atoms with Gasteiger partial charge in [-0.05, 0) is 56.5 Å². The molecule has 2 aliphatic heterocycles. The first-order valence-corrected chi connectivity index (χ1v) is 14.4. The van der Waals surface area contributed by atoms with Crippen molar-refractivity contribution >= 4 is 34.1 Å². The number of fused-ring (bicyclic) bond motifs is 4. The van der Waals surface area contributed by atoms with Crippen LogP contribution in [0, 0.1) is 17.8 Å². The number of likely N-dealkylation sites (tertiary alicyclic amines) is 1. The second-order valence-corrected chi connectivity index (χ2v) is 11.0. The number of rotatable bonds is 1. The molecule has 9 nitrogen and oxygen atoms in total. The van der Waals surface area contributed by atoms with Crippen LogP contribution in [0.3, 0.4) is 0 Å². The highest BCUT2D eigenvalue weighted by atomic mass is 35.5. The Morgan fingerprint density at radius 2 is 1.95 bits per heavy atom. The van der Waals surface area contributed by atoms with E-state index in [0.29, 0.717) is 43.9 Å². The Bertz CT molecular complexity index is 1460. The zero-order chi connectivity index (χ0) is 29.7. The smallest absolute Gasteiger partial charge is 0.381 e. The van der Waals surface area contributed by atoms with Gasteiger partial charge < -0.3 is 29.6 Å². The van der Waals surface area contributed by atoms with Gasteiger partial charge in [-0.2, -0.15) is 18.3 Å². The number of hydrogen-bond acceptors (Lipinski definition) is 6. The number of amides is 1. The maximum Gasteiger partial charge on any atom is 0.406 e. The number of halogens is 4. The van der Waals surface area contributed by atoms with E-state index in [0.717, 1.165) is 31.6 Å². The number of aromatic nitrogens is 3. The van der Waals surface area contributed by atoms with Gasteiger partial charge in [0.15, 0.2) is 0 Å². The van der Waals surface area contributed by atoms with Crippen LogP contribution >= 0.6 is 11.6 Å². The topological polar surface area (TPSA) is 85.6 Å². The van der Waals surface area contributed by atoms with Gasteiger partial charge in [0.2, 0.25) is 0 Å². The van der Waals surface area contributed by atoms with Gasteiger partial charge >= 0.3 is 6.18 Å². The number of nitrogens with zero attached hydrogens (tertiary/aromatic N) is 4. The predicted octanol–water partition coefficient (Wildman–Crippen LogP) is 4.00. The van der Waals surface area contributed by atoms with Crippen LogP contribution in [0.1, 0.15) is 28.9 Å². The standard InChI is InChI=1S/C29H34ClF3N6O3/c1-37-10-7-24-20(18-37)8-12-41-14-15-42-13-11-39-27(30)23(17-35-39)28(40)34-9-3-4-21-16-22-25(36-24)5-2-6-26(22)38(21)19-29(31,32)33/h2,5-6,16-17,20,24,36H,7-15,18-19H2,1H3,(H,34,40). The molecule has 2 aromatic heterocycles. The molecule has 0 spiro atoms. The van der Waals surface area contributed by atoms with Gasteiger partial charge in [0, 0.05) is 30.3 Å². The molecule has 5 rings (SSSR count). The molecule has 2 aliphatic rings. The second kappa shape index (κ2) is 13.4. The number of anilines is 1. The fraction of sp³-hybridized carbons (Fsp3) is 0.517. The Morgan fingerprint density at radius 3 is 2.76 bits per heavy atom. The van der Waals surface area contributed by atoms with Crippen LogP contribution in [0.15, 0.2) is 30.5 Å². The molecule has 1 fully saturated rings. The Morgan fingerprint density at radius 1 is 1.14 bits per heavy atom. The minimum absolute atomic E-state index is 0.0840. The number of carbonyl (C=O) groups is 1. The summed E-state index contributed by atoms with van der Waals surface area (Å²) in [6.07, 6.45) is -1.35. The lowest BCUT2D eigenvalue weighted by molar-refractivity contribution is -0.140. The summed E-state index contributed by atoms with van der Waals surface area (Å²) in [5.74, 6) is 5.44. The molecule has 1 amide bonds. The molecule has 0 saturated carbocycles. The Kier molecular flexibility index (Phi) is 9.63. The molecular formula is C29H34ClF3N6O3. The summed E-state index contributed by atoms with van der Waals surface area (Å²) in [5, 5.41) is 11.3. The summed E-state index contributed by atoms with van der Waals surface area (Å²) >= 11 is 6.34. The molecule has 226 valence electrons. The molecule has 13 heteroatoms. The van der Waals surface area contributed by atoms with E-state index in [9.17, 15) is 18.0 Å². The molecule has 2 unspecified atom stereocenters. The third-order valence-corrected chi connectivity index (χ3v) is 7.99. The van der Waals surface area contributed by atoms with E-state index in [1.807, 2.05) is 6.07 Å². The van der Waals surface area contributed by atoms with Crippen LogP contribution in [-0.4, -0.2) is 90.5 Å². The zero-order valence-corrected chi connectivity index (χ0v) is 24.1. The highest BCUT2D eigenvalue weighted by Gasteiger charge is 2.31. The van der Waals surface area contributed by atoms with Gasteiger partial charge in [0.1, 0.15) is 11.7 Å². The molecule has 4 heterocycles. The van der Waals surface area contributed by atoms with Gasteiger partial charge in [0.05, 0.1) is 55.9 Å². The average Bonchev–Trinajstić information content (AvgIpc) is 3.48. The minimum Gasteiger partial charge on any atom is -0.381 e. The maximum absolute atomic E-state index is 13.6. The summed E-state index contributed by atoms with van der Waals surface area (Å²) in [4.78, 5) is 15.0. The van der Waals surface area contributed by atoms with E-state index in [4.69, 9.17) is 21.1 Å². The normalized spacial score (nSPS) is 21.7. The van der Waals surface area contributed by atoms with Gasteiger partial charge in [-0.15, -0.1) is 0 Å². The quantitative estimate of drug-likeness (QED) is 0.408. The van der Waals surface area contributed by atoms with E-state index in [1.165, 1.54) is 15.4 Å². The number of nitrogens with one attached hydrogen (secondary N) is 2. The summed E-state index contributed by atoms with van der Waals surface area (Å²) in [6, 6.07) is 7.14. The minimum atomic E-state index is -4.44. The van der Waals surface area contributed by atoms with Crippen LogP contribution in [0.4, 0.5) is 18.9 Å². The molecule has 1 aromatic carbocycles. The van der Waals surface area contributed by atoms with Gasteiger partial charge in [-0.25, -0.2) is 0 Å². The molecule has 2 N–H and O–H groups in total. The van der Waals surface area contributed by atoms with Crippen molar-refractivity contribution in [3.8, 4) is 11.8 Å². The Hall–Kier alpha value is -3.24. The molecule has 4 bridgehead atoms. The first-order valence-electron chi connectivity index (χ1n) is 14.0. The van der Waals surface area contributed by atoms with Crippen molar-refractivity contribution in [2.45, 2.75) is 38.1 Å². The van der Waals surface area contributed by atoms with Crippen molar-refractivity contribution in [1.29, 1.82) is 0 Å². The van der Waals surface area contributed by atoms with Crippen LogP contribution < -0.4 is 10.6 Å². The maximum atomic E-state index is 13.6. The Labute approximate surface area is 247 Å². The first kappa shape index (κ1) is 30.2. The van der Waals surface area contributed by atoms with Crippen molar-refractivity contribution in [2.24, 2.45) is 5.92 Å². The van der Waals surface area contributed by atoms with Crippen LogP contribution in [0.2, 0.25) is 5.15 Å².